The predicted octanol–water partition coefficient (Wildman–Crippen LogP) is 1.93. The highest BCUT2D eigenvalue weighted by Gasteiger charge is 2.65. The Balaban J connectivity index is 1.74. The van der Waals surface area contributed by atoms with E-state index < -0.39 is 25.5 Å². The fraction of sp³-hybridized carbons (Fsp3) is 0.611. The Morgan fingerprint density at radius 3 is 3.36 bits per heavy atom. The third-order valence-electron chi connectivity index (χ3n) is 5.98. The van der Waals surface area contributed by atoms with E-state index in [9.17, 15) is 4.79 Å². The normalized spacial score (nSPS) is 47.6. The molecule has 4 atom stereocenters. The van der Waals surface area contributed by atoms with E-state index in [-0.39, 0.29) is 42.2 Å². The van der Waals surface area contributed by atoms with Crippen LogP contribution in [0.1, 0.15) is 40.0 Å². The molecule has 0 radical (unpaired) electrons. The number of ether oxygens (including phenoxy) is 2. The van der Waals surface area contributed by atoms with Gasteiger partial charge in [0.2, 0.25) is 0 Å². The lowest BCUT2D eigenvalue weighted by Gasteiger charge is -2.57. The van der Waals surface area contributed by atoms with Crippen LogP contribution in [0.2, 0.25) is 0 Å². The van der Waals surface area contributed by atoms with Gasteiger partial charge in [0.05, 0.1) is 12.5 Å². The SMILES string of the molecule is [2H]C([2H])([2H])Oc1ccc2c3c1OC1([2H])C(=O)CC[C@H]4[C@@H](C2)N(C([2H])([2H])[2H])CC[C@@]341. The first-order chi connectivity index (χ1) is 13.4. The molecule has 1 unspecified atom stereocenters. The van der Waals surface area contributed by atoms with E-state index in [4.69, 9.17) is 19.1 Å². The highest BCUT2D eigenvalue weighted by Crippen LogP contribution is 2.62. The number of carbonyl (C=O) groups excluding carboxylic acids is 1. The van der Waals surface area contributed by atoms with Crippen LogP contribution in [0.15, 0.2) is 12.1 Å². The van der Waals surface area contributed by atoms with Gasteiger partial charge in [0.25, 0.3) is 0 Å². The van der Waals surface area contributed by atoms with Crippen LogP contribution >= 0.6 is 0 Å². The number of nitrogens with zero attached hydrogens (tertiary/aromatic N) is 1. The van der Waals surface area contributed by atoms with Gasteiger partial charge in [-0.3, -0.25) is 4.79 Å². The van der Waals surface area contributed by atoms with Gasteiger partial charge in [-0.15, -0.1) is 0 Å². The molecule has 5 rings (SSSR count). The second kappa shape index (κ2) is 4.05. The number of Topliss-reactive ketones (excluding diaryl/α,β-unsaturated/α-hetero) is 1. The maximum absolute atomic E-state index is 12.9. The van der Waals surface area contributed by atoms with Crippen molar-refractivity contribution in [3.05, 3.63) is 23.3 Å². The molecular formula is C18H21NO3. The van der Waals surface area contributed by atoms with Gasteiger partial charge in [0.15, 0.2) is 23.4 Å². The summed E-state index contributed by atoms with van der Waals surface area (Å²) in [6.07, 6.45) is -0.516. The minimum Gasteiger partial charge on any atom is -0.493 e. The summed E-state index contributed by atoms with van der Waals surface area (Å²) in [5.74, 6) is -0.417. The van der Waals surface area contributed by atoms with Gasteiger partial charge in [-0.1, -0.05) is 6.07 Å². The van der Waals surface area contributed by atoms with Crippen LogP contribution in [0, 0.1) is 5.92 Å². The third kappa shape index (κ3) is 1.27. The molecule has 0 amide bonds. The minimum absolute atomic E-state index is 0.00222. The fourth-order valence-electron chi connectivity index (χ4n) is 5.16. The van der Waals surface area contributed by atoms with E-state index in [1.165, 1.54) is 11.0 Å². The van der Waals surface area contributed by atoms with E-state index in [2.05, 4.69) is 0 Å². The Labute approximate surface area is 140 Å². The van der Waals surface area contributed by atoms with Crippen LogP contribution in [0.3, 0.4) is 0 Å². The first kappa shape index (κ1) is 7.82. The molecule has 22 heavy (non-hydrogen) atoms. The highest BCUT2D eigenvalue weighted by molar-refractivity contribution is 5.89. The summed E-state index contributed by atoms with van der Waals surface area (Å²) in [6, 6.07) is 2.88. The van der Waals surface area contributed by atoms with Crippen molar-refractivity contribution in [2.24, 2.45) is 5.92 Å². The summed E-state index contributed by atoms with van der Waals surface area (Å²) in [6.45, 7) is -2.04. The van der Waals surface area contributed by atoms with Crippen LogP contribution < -0.4 is 9.47 Å². The van der Waals surface area contributed by atoms with Crippen molar-refractivity contribution in [1.29, 1.82) is 0 Å². The molecule has 2 fully saturated rings. The number of carbonyl (C=O) groups is 1. The Kier molecular flexibility index (Phi) is 1.44. The quantitative estimate of drug-likeness (QED) is 0.795. The lowest BCUT2D eigenvalue weighted by molar-refractivity contribution is -0.138. The fourth-order valence-corrected chi connectivity index (χ4v) is 5.16. The van der Waals surface area contributed by atoms with Crippen LogP contribution in [-0.4, -0.2) is 43.4 Å². The molecule has 1 aromatic rings. The lowest BCUT2D eigenvalue weighted by atomic mass is 9.52. The maximum Gasteiger partial charge on any atom is 0.174 e. The first-order valence-corrected chi connectivity index (χ1v) is 7.73. The number of benzene rings is 1. The smallest absolute Gasteiger partial charge is 0.174 e. The molecule has 116 valence electrons. The standard InChI is InChI=1S/C18H21NO3/c1-19-8-7-18-11-4-5-13(20)17(18)22-16-14(21-2)6-3-10(15(16)18)9-12(11)19/h3,6,11-12,17H,4-5,7-9H2,1-2H3/t11-,12+,17?,18-/m0/s1/i1D3,2D3,17D. The summed E-state index contributed by atoms with van der Waals surface area (Å²) in [7, 11) is -2.69. The van der Waals surface area contributed by atoms with Crippen LogP contribution in [0.25, 0.3) is 0 Å². The minimum atomic E-state index is -2.69. The second-order valence-corrected chi connectivity index (χ2v) is 6.71. The van der Waals surface area contributed by atoms with Crippen molar-refractivity contribution in [1.82, 2.24) is 4.90 Å². The molecule has 1 saturated heterocycles. The van der Waals surface area contributed by atoms with Crippen molar-refractivity contribution >= 4 is 5.78 Å². The van der Waals surface area contributed by atoms with E-state index in [1.807, 2.05) is 0 Å². The molecule has 2 aliphatic carbocycles. The number of ketones is 1. The van der Waals surface area contributed by atoms with E-state index >= 15 is 0 Å². The van der Waals surface area contributed by atoms with Gasteiger partial charge in [0, 0.05) is 27.6 Å². The molecular weight excluding hydrogens is 278 g/mol. The molecule has 0 aromatic heterocycles. The molecule has 1 saturated carbocycles. The molecule has 1 aromatic carbocycles. The van der Waals surface area contributed by atoms with Crippen LogP contribution in [0.4, 0.5) is 0 Å². The highest BCUT2D eigenvalue weighted by atomic mass is 16.5. The van der Waals surface area contributed by atoms with Crippen molar-refractivity contribution in [2.45, 2.75) is 43.2 Å². The van der Waals surface area contributed by atoms with Gasteiger partial charge < -0.3 is 14.4 Å². The zero-order valence-electron chi connectivity index (χ0n) is 19.0. The van der Waals surface area contributed by atoms with Gasteiger partial charge >= 0.3 is 0 Å². The second-order valence-electron chi connectivity index (χ2n) is 6.71. The molecule has 4 nitrogen and oxygen atoms in total. The summed E-state index contributed by atoms with van der Waals surface area (Å²) < 4.78 is 66.3. The van der Waals surface area contributed by atoms with Crippen molar-refractivity contribution in [2.75, 3.05) is 20.6 Å². The number of rotatable bonds is 1. The number of methoxy groups -OCH3 is 1. The van der Waals surface area contributed by atoms with Crippen LogP contribution in [-0.2, 0) is 16.6 Å². The average molecular weight is 306 g/mol. The molecule has 2 heterocycles. The first-order valence-electron chi connectivity index (χ1n) is 11.2. The topological polar surface area (TPSA) is 38.8 Å². The monoisotopic (exact) mass is 306 g/mol. The van der Waals surface area contributed by atoms with Crippen molar-refractivity contribution < 1.29 is 23.9 Å². The predicted molar refractivity (Wildman–Crippen MR) is 81.6 cm³/mol. The maximum atomic E-state index is 12.9. The summed E-state index contributed by atoms with van der Waals surface area (Å²) >= 11 is 0. The number of likely N-dealkylation sites (N-methyl/N-ethyl adjacent to an activating group) is 1. The molecule has 1 spiro atoms. The molecule has 2 bridgehead atoms. The number of likely N-dealkylation sites (tertiary alicyclic amines) is 1. The number of hydrogen-bond donors (Lipinski definition) is 0. The molecule has 4 aliphatic rings. The van der Waals surface area contributed by atoms with Crippen LogP contribution in [0.5, 0.6) is 11.5 Å². The number of hydrogen-bond acceptors (Lipinski definition) is 4. The third-order valence-corrected chi connectivity index (χ3v) is 5.98. The average Bonchev–Trinajstić information content (AvgIpc) is 2.85. The zero-order chi connectivity index (χ0) is 21.0. The number of piperidine rings is 1. The summed E-state index contributed by atoms with van der Waals surface area (Å²) in [5, 5.41) is 0. The van der Waals surface area contributed by atoms with E-state index in [0.29, 0.717) is 24.8 Å². The lowest BCUT2D eigenvalue weighted by Crippen LogP contribution is -2.65. The Morgan fingerprint density at radius 1 is 1.55 bits per heavy atom. The Morgan fingerprint density at radius 2 is 2.50 bits per heavy atom. The van der Waals surface area contributed by atoms with E-state index in [0.717, 1.165) is 5.56 Å². The molecule has 0 N–H and O–H groups in total. The largest absolute Gasteiger partial charge is 0.493 e. The van der Waals surface area contributed by atoms with Gasteiger partial charge in [-0.05, 0) is 50.3 Å². The van der Waals surface area contributed by atoms with Crippen molar-refractivity contribution in [3.8, 4) is 11.5 Å². The zero-order valence-corrected chi connectivity index (χ0v) is 12.0. The van der Waals surface area contributed by atoms with Gasteiger partial charge in [0.1, 0.15) is 0 Å². The van der Waals surface area contributed by atoms with Crippen molar-refractivity contribution in [3.63, 3.8) is 0 Å². The summed E-state index contributed by atoms with van der Waals surface area (Å²) in [4.78, 5) is 14.4. The van der Waals surface area contributed by atoms with Gasteiger partial charge in [-0.25, -0.2) is 0 Å². The molecule has 2 aliphatic heterocycles. The summed E-state index contributed by atoms with van der Waals surface area (Å²) in [5.41, 5.74) is 0.497. The Hall–Kier alpha value is -1.55. The molecule has 4 heteroatoms. The Bertz CT molecular complexity index is 914. The van der Waals surface area contributed by atoms with Gasteiger partial charge in [-0.2, -0.15) is 0 Å². The van der Waals surface area contributed by atoms with E-state index in [1.54, 1.807) is 6.07 Å².